The van der Waals surface area contributed by atoms with Crippen LogP contribution in [0.15, 0.2) is 70.9 Å². The molecule has 0 radical (unpaired) electrons. The molecule has 3 aromatic rings. The maximum absolute atomic E-state index is 6.30. The molecule has 0 aliphatic rings. The van der Waals surface area contributed by atoms with E-state index in [1.54, 1.807) is 0 Å². The highest BCUT2D eigenvalue weighted by atomic mass is 16.5. The highest BCUT2D eigenvalue weighted by Crippen LogP contribution is 2.34. The lowest BCUT2D eigenvalue weighted by Crippen LogP contribution is -2.02. The predicted octanol–water partition coefficient (Wildman–Crippen LogP) is 13.8. The summed E-state index contributed by atoms with van der Waals surface area (Å²) >= 11 is 0. The Morgan fingerprint density at radius 1 is 0.600 bits per heavy atom. The summed E-state index contributed by atoms with van der Waals surface area (Å²) in [6.07, 6.45) is 20.2. The zero-order valence-corrected chi connectivity index (χ0v) is 29.1. The van der Waals surface area contributed by atoms with E-state index in [-0.39, 0.29) is 0 Å². The molecule has 0 amide bonds. The standard InChI is InChI=1S/C41H60N2O2/c1-6-9-10-11-12-13-14-15-16-17-18-19-20-21-30-45-41-29-25-37(32-40(41)33(4)7-2)43-42-36-24-28-39(34(5)31-36)35-22-26-38(27-23-35)44-8-3/h22-29,31-33H,6-21,30H2,1-5H3. The van der Waals surface area contributed by atoms with Crippen molar-refractivity contribution in [2.75, 3.05) is 13.2 Å². The SMILES string of the molecule is CCCCCCCCCCCCCCCCOc1ccc(N=Nc2ccc(-c3ccc(OCC)cc3)c(C)c2)cc1C(C)CC. The number of rotatable bonds is 23. The molecule has 0 aliphatic heterocycles. The molecule has 3 rings (SSSR count). The van der Waals surface area contributed by atoms with Gasteiger partial charge in [-0.05, 0) is 97.3 Å². The number of ether oxygens (including phenoxy) is 2. The van der Waals surface area contributed by atoms with Crippen LogP contribution >= 0.6 is 0 Å². The quantitative estimate of drug-likeness (QED) is 0.0789. The highest BCUT2D eigenvalue weighted by molar-refractivity contribution is 5.70. The van der Waals surface area contributed by atoms with Gasteiger partial charge in [0.2, 0.25) is 0 Å². The lowest BCUT2D eigenvalue weighted by Gasteiger charge is -2.16. The molecule has 246 valence electrons. The van der Waals surface area contributed by atoms with Gasteiger partial charge in [-0.2, -0.15) is 10.2 Å². The second-order valence-corrected chi connectivity index (χ2v) is 12.6. The van der Waals surface area contributed by atoms with Gasteiger partial charge >= 0.3 is 0 Å². The van der Waals surface area contributed by atoms with Crippen molar-refractivity contribution in [1.82, 2.24) is 0 Å². The zero-order valence-electron chi connectivity index (χ0n) is 29.1. The van der Waals surface area contributed by atoms with Crippen LogP contribution in [0, 0.1) is 6.92 Å². The van der Waals surface area contributed by atoms with E-state index < -0.39 is 0 Å². The lowest BCUT2D eigenvalue weighted by molar-refractivity contribution is 0.299. The van der Waals surface area contributed by atoms with E-state index in [9.17, 15) is 0 Å². The molecule has 4 nitrogen and oxygen atoms in total. The van der Waals surface area contributed by atoms with Gasteiger partial charge in [-0.1, -0.05) is 122 Å². The number of hydrogen-bond acceptors (Lipinski definition) is 4. The molecule has 3 aromatic carbocycles. The van der Waals surface area contributed by atoms with Gasteiger partial charge < -0.3 is 9.47 Å². The van der Waals surface area contributed by atoms with Crippen LogP contribution in [-0.4, -0.2) is 13.2 Å². The van der Waals surface area contributed by atoms with Crippen LogP contribution in [0.1, 0.15) is 141 Å². The average Bonchev–Trinajstić information content (AvgIpc) is 3.06. The van der Waals surface area contributed by atoms with Crippen LogP contribution in [0.5, 0.6) is 11.5 Å². The fourth-order valence-corrected chi connectivity index (χ4v) is 5.86. The van der Waals surface area contributed by atoms with Crippen molar-refractivity contribution >= 4 is 11.4 Å². The molecule has 1 atom stereocenters. The smallest absolute Gasteiger partial charge is 0.122 e. The molecule has 0 bridgehead atoms. The van der Waals surface area contributed by atoms with E-state index in [4.69, 9.17) is 9.47 Å². The Kier molecular flexibility index (Phi) is 17.4. The molecule has 0 aliphatic carbocycles. The number of hydrogen-bond donors (Lipinski definition) is 0. The number of aryl methyl sites for hydroxylation is 1. The number of benzene rings is 3. The van der Waals surface area contributed by atoms with Crippen molar-refractivity contribution in [3.8, 4) is 22.6 Å². The van der Waals surface area contributed by atoms with Crippen molar-refractivity contribution in [1.29, 1.82) is 0 Å². The molecule has 0 N–H and O–H groups in total. The third-order valence-corrected chi connectivity index (χ3v) is 8.86. The third kappa shape index (κ3) is 13.4. The van der Waals surface area contributed by atoms with Crippen molar-refractivity contribution < 1.29 is 9.47 Å². The zero-order chi connectivity index (χ0) is 32.1. The first kappa shape index (κ1) is 36.3. The molecule has 0 saturated heterocycles. The van der Waals surface area contributed by atoms with Crippen LogP contribution in [-0.2, 0) is 0 Å². The number of azo groups is 1. The summed E-state index contributed by atoms with van der Waals surface area (Å²) in [7, 11) is 0. The van der Waals surface area contributed by atoms with Gasteiger partial charge in [0.15, 0.2) is 0 Å². The van der Waals surface area contributed by atoms with Crippen molar-refractivity contribution in [2.45, 2.75) is 137 Å². The average molecular weight is 613 g/mol. The van der Waals surface area contributed by atoms with E-state index in [1.807, 2.05) is 31.2 Å². The maximum Gasteiger partial charge on any atom is 0.122 e. The minimum atomic E-state index is 0.405. The summed E-state index contributed by atoms with van der Waals surface area (Å²) in [5.41, 5.74) is 6.47. The molecule has 0 spiro atoms. The third-order valence-electron chi connectivity index (χ3n) is 8.86. The first-order valence-corrected chi connectivity index (χ1v) is 18.1. The largest absolute Gasteiger partial charge is 0.494 e. The van der Waals surface area contributed by atoms with E-state index in [1.165, 1.54) is 106 Å². The number of unbranched alkanes of at least 4 members (excludes halogenated alkanes) is 13. The molecule has 0 saturated carbocycles. The van der Waals surface area contributed by atoms with E-state index in [0.717, 1.165) is 42.3 Å². The van der Waals surface area contributed by atoms with Crippen LogP contribution in [0.4, 0.5) is 11.4 Å². The summed E-state index contributed by atoms with van der Waals surface area (Å²) in [5.74, 6) is 2.29. The molecule has 4 heteroatoms. The van der Waals surface area contributed by atoms with Gasteiger partial charge in [0.1, 0.15) is 11.5 Å². The van der Waals surface area contributed by atoms with Crippen LogP contribution in [0.2, 0.25) is 0 Å². The fourth-order valence-electron chi connectivity index (χ4n) is 5.86. The van der Waals surface area contributed by atoms with Gasteiger partial charge in [0, 0.05) is 0 Å². The summed E-state index contributed by atoms with van der Waals surface area (Å²) in [6, 6.07) is 20.8. The minimum Gasteiger partial charge on any atom is -0.494 e. The van der Waals surface area contributed by atoms with Crippen LogP contribution in [0.25, 0.3) is 11.1 Å². The lowest BCUT2D eigenvalue weighted by atomic mass is 9.97. The molecule has 45 heavy (non-hydrogen) atoms. The first-order valence-electron chi connectivity index (χ1n) is 18.1. The van der Waals surface area contributed by atoms with E-state index >= 15 is 0 Å². The Labute approximate surface area is 275 Å². The molecule has 0 fully saturated rings. The van der Waals surface area contributed by atoms with Gasteiger partial charge in [-0.25, -0.2) is 0 Å². The van der Waals surface area contributed by atoms with Crippen LogP contribution in [0.3, 0.4) is 0 Å². The molecular formula is C41H60N2O2. The van der Waals surface area contributed by atoms with Gasteiger partial charge in [0.25, 0.3) is 0 Å². The Bertz CT molecular complexity index is 1250. The summed E-state index contributed by atoms with van der Waals surface area (Å²) < 4.78 is 11.9. The topological polar surface area (TPSA) is 43.2 Å². The monoisotopic (exact) mass is 612 g/mol. The van der Waals surface area contributed by atoms with Crippen molar-refractivity contribution in [3.05, 3.63) is 71.8 Å². The molecule has 1 unspecified atom stereocenters. The Morgan fingerprint density at radius 2 is 1.16 bits per heavy atom. The number of nitrogens with zero attached hydrogens (tertiary/aromatic N) is 2. The highest BCUT2D eigenvalue weighted by Gasteiger charge is 2.12. The van der Waals surface area contributed by atoms with Gasteiger partial charge in [-0.3, -0.25) is 0 Å². The van der Waals surface area contributed by atoms with Gasteiger partial charge in [-0.15, -0.1) is 0 Å². The Balaban J connectivity index is 1.42. The first-order chi connectivity index (χ1) is 22.0. The maximum atomic E-state index is 6.30. The van der Waals surface area contributed by atoms with E-state index in [2.05, 4.69) is 74.3 Å². The summed E-state index contributed by atoms with van der Waals surface area (Å²) in [4.78, 5) is 0. The normalized spacial score (nSPS) is 12.1. The molecule has 0 heterocycles. The summed E-state index contributed by atoms with van der Waals surface area (Å²) in [5, 5.41) is 9.18. The summed E-state index contributed by atoms with van der Waals surface area (Å²) in [6.45, 7) is 12.4. The molecule has 0 aromatic heterocycles. The van der Waals surface area contributed by atoms with E-state index in [0.29, 0.717) is 12.5 Å². The fraction of sp³-hybridized carbons (Fsp3) is 0.561. The van der Waals surface area contributed by atoms with Gasteiger partial charge in [0.05, 0.1) is 24.6 Å². The predicted molar refractivity (Wildman–Crippen MR) is 193 cm³/mol. The minimum absolute atomic E-state index is 0.405. The van der Waals surface area contributed by atoms with Crippen molar-refractivity contribution in [2.24, 2.45) is 10.2 Å². The Hall–Kier alpha value is -3.14. The molecular weight excluding hydrogens is 552 g/mol. The Morgan fingerprint density at radius 3 is 1.71 bits per heavy atom. The second kappa shape index (κ2) is 21.6. The van der Waals surface area contributed by atoms with Crippen molar-refractivity contribution in [3.63, 3.8) is 0 Å². The van der Waals surface area contributed by atoms with Crippen LogP contribution < -0.4 is 9.47 Å². The second-order valence-electron chi connectivity index (χ2n) is 12.6.